The van der Waals surface area contributed by atoms with E-state index in [9.17, 15) is 0 Å². The molecule has 1 aliphatic rings. The fraction of sp³-hybridized carbons (Fsp3) is 0.684. The van der Waals surface area contributed by atoms with Crippen LogP contribution in [0.1, 0.15) is 57.3 Å². The molecule has 0 aromatic heterocycles. The van der Waals surface area contributed by atoms with Gasteiger partial charge in [-0.25, -0.2) is 0 Å². The van der Waals surface area contributed by atoms with Crippen LogP contribution >= 0.6 is 0 Å². The molecule has 2 heteroatoms. The van der Waals surface area contributed by atoms with E-state index in [0.717, 1.165) is 24.9 Å². The normalized spacial score (nSPS) is 27.5. The molecule has 118 valence electrons. The molecule has 1 N–H and O–H groups in total. The Morgan fingerprint density at radius 1 is 1.19 bits per heavy atom. The molecule has 2 nitrogen and oxygen atoms in total. The van der Waals surface area contributed by atoms with E-state index < -0.39 is 0 Å². The number of likely N-dealkylation sites (N-methyl/N-ethyl adjacent to an activating group) is 1. The Bertz CT molecular complexity index is 431. The fourth-order valence-electron chi connectivity index (χ4n) is 3.31. The van der Waals surface area contributed by atoms with E-state index >= 15 is 0 Å². The van der Waals surface area contributed by atoms with Crippen LogP contribution in [-0.2, 0) is 4.74 Å². The summed E-state index contributed by atoms with van der Waals surface area (Å²) in [7, 11) is 0. The summed E-state index contributed by atoms with van der Waals surface area (Å²) in [6.07, 6.45) is 4.31. The maximum Gasteiger partial charge on any atom is 0.0955 e. The highest BCUT2D eigenvalue weighted by Crippen LogP contribution is 2.34. The van der Waals surface area contributed by atoms with Crippen molar-refractivity contribution in [2.45, 2.75) is 59.2 Å². The van der Waals surface area contributed by atoms with E-state index in [4.69, 9.17) is 4.74 Å². The predicted octanol–water partition coefficient (Wildman–Crippen LogP) is 4.49. The van der Waals surface area contributed by atoms with E-state index in [1.165, 1.54) is 30.4 Å². The molecule has 1 aromatic carbocycles. The summed E-state index contributed by atoms with van der Waals surface area (Å²) in [5.41, 5.74) is 2.67. The van der Waals surface area contributed by atoms with Crippen molar-refractivity contribution in [3.05, 3.63) is 35.4 Å². The van der Waals surface area contributed by atoms with Crippen LogP contribution in [-0.4, -0.2) is 19.2 Å². The molecule has 4 unspecified atom stereocenters. The molecule has 0 spiro atoms. The Labute approximate surface area is 130 Å². The molecule has 0 saturated heterocycles. The van der Waals surface area contributed by atoms with Crippen molar-refractivity contribution in [3.8, 4) is 0 Å². The van der Waals surface area contributed by atoms with Crippen molar-refractivity contribution in [3.63, 3.8) is 0 Å². The number of aryl methyl sites for hydroxylation is 1. The van der Waals surface area contributed by atoms with E-state index in [0.29, 0.717) is 6.10 Å². The summed E-state index contributed by atoms with van der Waals surface area (Å²) in [6, 6.07) is 8.62. The van der Waals surface area contributed by atoms with Crippen LogP contribution in [0.5, 0.6) is 0 Å². The number of hydrogen-bond acceptors (Lipinski definition) is 2. The van der Waals surface area contributed by atoms with Gasteiger partial charge in [0, 0.05) is 6.54 Å². The van der Waals surface area contributed by atoms with E-state index in [1.807, 2.05) is 0 Å². The third kappa shape index (κ3) is 4.55. The van der Waals surface area contributed by atoms with Gasteiger partial charge in [0.2, 0.25) is 0 Å². The molecule has 1 saturated carbocycles. The summed E-state index contributed by atoms with van der Waals surface area (Å²) >= 11 is 0. The lowest BCUT2D eigenvalue weighted by molar-refractivity contribution is -0.0480. The number of rotatable bonds is 6. The summed E-state index contributed by atoms with van der Waals surface area (Å²) in [5.74, 6) is 1.62. The van der Waals surface area contributed by atoms with Crippen molar-refractivity contribution in [1.82, 2.24) is 5.32 Å². The molecule has 2 rings (SSSR count). The Morgan fingerprint density at radius 2 is 1.95 bits per heavy atom. The van der Waals surface area contributed by atoms with Crippen LogP contribution in [0, 0.1) is 18.8 Å². The zero-order valence-corrected chi connectivity index (χ0v) is 14.1. The van der Waals surface area contributed by atoms with Gasteiger partial charge in [-0.15, -0.1) is 0 Å². The van der Waals surface area contributed by atoms with E-state index in [2.05, 4.69) is 57.3 Å². The molecule has 21 heavy (non-hydrogen) atoms. The van der Waals surface area contributed by atoms with Gasteiger partial charge in [0.15, 0.2) is 0 Å². The van der Waals surface area contributed by atoms with E-state index in [1.54, 1.807) is 0 Å². The second-order valence-electron chi connectivity index (χ2n) is 6.68. The summed E-state index contributed by atoms with van der Waals surface area (Å²) in [5, 5.41) is 3.46. The smallest absolute Gasteiger partial charge is 0.0955 e. The van der Waals surface area contributed by atoms with Gasteiger partial charge < -0.3 is 10.1 Å². The van der Waals surface area contributed by atoms with Gasteiger partial charge in [-0.1, -0.05) is 45.0 Å². The number of nitrogens with one attached hydrogen (secondary N) is 1. The van der Waals surface area contributed by atoms with Gasteiger partial charge >= 0.3 is 0 Å². The molecule has 0 bridgehead atoms. The van der Waals surface area contributed by atoms with Crippen LogP contribution in [0.3, 0.4) is 0 Å². The SMILES string of the molecule is CCNCC(OC1CCC(C)C(C)C1)c1ccccc1C. The molecule has 0 amide bonds. The second-order valence-corrected chi connectivity index (χ2v) is 6.68. The first kappa shape index (κ1) is 16.5. The fourth-order valence-corrected chi connectivity index (χ4v) is 3.31. The number of benzene rings is 1. The first-order chi connectivity index (χ1) is 10.1. The minimum absolute atomic E-state index is 0.178. The van der Waals surface area contributed by atoms with Gasteiger partial charge in [0.25, 0.3) is 0 Å². The van der Waals surface area contributed by atoms with Crippen LogP contribution in [0.4, 0.5) is 0 Å². The molecule has 0 heterocycles. The lowest BCUT2D eigenvalue weighted by Crippen LogP contribution is -2.31. The predicted molar refractivity (Wildman–Crippen MR) is 89.5 cm³/mol. The summed E-state index contributed by atoms with van der Waals surface area (Å²) in [4.78, 5) is 0. The molecule has 4 atom stereocenters. The van der Waals surface area contributed by atoms with Crippen molar-refractivity contribution < 1.29 is 4.74 Å². The highest BCUT2D eigenvalue weighted by Gasteiger charge is 2.27. The third-order valence-electron chi connectivity index (χ3n) is 5.02. The van der Waals surface area contributed by atoms with Gasteiger partial charge in [-0.2, -0.15) is 0 Å². The van der Waals surface area contributed by atoms with Gasteiger partial charge in [-0.3, -0.25) is 0 Å². The molecule has 1 fully saturated rings. The first-order valence-corrected chi connectivity index (χ1v) is 8.53. The van der Waals surface area contributed by atoms with Crippen molar-refractivity contribution in [2.75, 3.05) is 13.1 Å². The van der Waals surface area contributed by atoms with E-state index in [-0.39, 0.29) is 6.10 Å². The Balaban J connectivity index is 2.05. The van der Waals surface area contributed by atoms with Crippen LogP contribution in [0.15, 0.2) is 24.3 Å². The van der Waals surface area contributed by atoms with Crippen molar-refractivity contribution in [1.29, 1.82) is 0 Å². The average Bonchev–Trinajstić information content (AvgIpc) is 2.48. The van der Waals surface area contributed by atoms with Crippen LogP contribution in [0.25, 0.3) is 0 Å². The topological polar surface area (TPSA) is 21.3 Å². The Hall–Kier alpha value is -0.860. The van der Waals surface area contributed by atoms with Gasteiger partial charge in [0.1, 0.15) is 0 Å². The zero-order chi connectivity index (χ0) is 15.2. The number of ether oxygens (including phenoxy) is 1. The first-order valence-electron chi connectivity index (χ1n) is 8.53. The number of hydrogen-bond donors (Lipinski definition) is 1. The summed E-state index contributed by atoms with van der Waals surface area (Å²) in [6.45, 7) is 11.0. The third-order valence-corrected chi connectivity index (χ3v) is 5.02. The lowest BCUT2D eigenvalue weighted by Gasteiger charge is -2.34. The second kappa shape index (κ2) is 7.95. The molecule has 0 aliphatic heterocycles. The Kier molecular flexibility index (Phi) is 6.25. The molecular weight excluding hydrogens is 258 g/mol. The molecule has 1 aromatic rings. The van der Waals surface area contributed by atoms with Crippen molar-refractivity contribution >= 4 is 0 Å². The zero-order valence-electron chi connectivity index (χ0n) is 14.1. The minimum Gasteiger partial charge on any atom is -0.369 e. The lowest BCUT2D eigenvalue weighted by atomic mass is 9.80. The quantitative estimate of drug-likeness (QED) is 0.833. The average molecular weight is 289 g/mol. The highest BCUT2D eigenvalue weighted by molar-refractivity contribution is 5.28. The Morgan fingerprint density at radius 3 is 2.62 bits per heavy atom. The van der Waals surface area contributed by atoms with Gasteiger partial charge in [0.05, 0.1) is 12.2 Å². The molecule has 0 radical (unpaired) electrons. The maximum absolute atomic E-state index is 6.52. The maximum atomic E-state index is 6.52. The van der Waals surface area contributed by atoms with Crippen LogP contribution < -0.4 is 5.32 Å². The van der Waals surface area contributed by atoms with Gasteiger partial charge in [-0.05, 0) is 55.7 Å². The molecular formula is C19H31NO. The summed E-state index contributed by atoms with van der Waals surface area (Å²) < 4.78 is 6.52. The van der Waals surface area contributed by atoms with Crippen molar-refractivity contribution in [2.24, 2.45) is 11.8 Å². The highest BCUT2D eigenvalue weighted by atomic mass is 16.5. The van der Waals surface area contributed by atoms with Crippen LogP contribution in [0.2, 0.25) is 0 Å². The largest absolute Gasteiger partial charge is 0.369 e. The standard InChI is InChI=1S/C19H31NO/c1-5-20-13-19(18-9-7-6-8-15(18)3)21-17-11-10-14(2)16(4)12-17/h6-9,14,16-17,19-20H,5,10-13H2,1-4H3. The monoisotopic (exact) mass is 289 g/mol. The molecule has 1 aliphatic carbocycles. The minimum atomic E-state index is 0.178.